The van der Waals surface area contributed by atoms with Crippen molar-refractivity contribution in [1.82, 2.24) is 5.32 Å². The molecule has 0 aromatic rings. The maximum absolute atomic E-state index is 11.7. The first kappa shape index (κ1) is 14.4. The second kappa shape index (κ2) is 6.80. The topological polar surface area (TPSA) is 64.3 Å². The summed E-state index contributed by atoms with van der Waals surface area (Å²) >= 11 is 0. The van der Waals surface area contributed by atoms with Gasteiger partial charge in [-0.3, -0.25) is 4.79 Å². The monoisotopic (exact) mass is 216 g/mol. The number of nitrogens with one attached hydrogen (secondary N) is 1. The Balaban J connectivity index is 3.99. The number of likely N-dealkylation sites (N-methyl/N-ethyl adjacent to an activating group) is 1. The molecule has 0 rings (SSSR count). The van der Waals surface area contributed by atoms with Crippen LogP contribution in [0.25, 0.3) is 0 Å². The molecule has 0 bridgehead atoms. The van der Waals surface area contributed by atoms with E-state index in [1.807, 2.05) is 20.8 Å². The van der Waals surface area contributed by atoms with Gasteiger partial charge >= 0.3 is 5.97 Å². The van der Waals surface area contributed by atoms with Gasteiger partial charge in [-0.2, -0.15) is 0 Å². The number of esters is 1. The summed E-state index contributed by atoms with van der Waals surface area (Å²) in [5.41, 5.74) is 4.98. The summed E-state index contributed by atoms with van der Waals surface area (Å²) in [6, 6.07) is -0.212. The molecule has 0 spiro atoms. The molecule has 0 fully saturated rings. The molecule has 15 heavy (non-hydrogen) atoms. The first-order valence-electron chi connectivity index (χ1n) is 5.51. The summed E-state index contributed by atoms with van der Waals surface area (Å²) in [5, 5.41) is 2.97. The van der Waals surface area contributed by atoms with Crippen molar-refractivity contribution in [2.45, 2.75) is 51.7 Å². The van der Waals surface area contributed by atoms with Crippen molar-refractivity contribution in [3.8, 4) is 0 Å². The zero-order valence-corrected chi connectivity index (χ0v) is 10.3. The highest BCUT2D eigenvalue weighted by Crippen LogP contribution is 2.10. The lowest BCUT2D eigenvalue weighted by Crippen LogP contribution is -2.39. The first-order valence-corrected chi connectivity index (χ1v) is 5.51. The average Bonchev–Trinajstić information content (AvgIpc) is 2.09. The van der Waals surface area contributed by atoms with Crippen molar-refractivity contribution in [2.75, 3.05) is 13.6 Å². The molecule has 0 aromatic heterocycles. The number of hydrogen-bond acceptors (Lipinski definition) is 4. The Hall–Kier alpha value is -0.610. The zero-order valence-electron chi connectivity index (χ0n) is 10.3. The van der Waals surface area contributed by atoms with Gasteiger partial charge in [-0.1, -0.05) is 6.42 Å². The van der Waals surface area contributed by atoms with Gasteiger partial charge in [-0.05, 0) is 47.2 Å². The lowest BCUT2D eigenvalue weighted by atomic mass is 10.1. The van der Waals surface area contributed by atoms with Crippen LogP contribution in [0.3, 0.4) is 0 Å². The van der Waals surface area contributed by atoms with Gasteiger partial charge in [0.1, 0.15) is 11.6 Å². The van der Waals surface area contributed by atoms with Gasteiger partial charge < -0.3 is 15.8 Å². The molecule has 0 aliphatic carbocycles. The number of hydrogen-bond donors (Lipinski definition) is 2. The van der Waals surface area contributed by atoms with Gasteiger partial charge in [0.15, 0.2) is 0 Å². The molecule has 0 aliphatic heterocycles. The molecule has 0 aromatic carbocycles. The van der Waals surface area contributed by atoms with Crippen LogP contribution in [0.2, 0.25) is 0 Å². The Morgan fingerprint density at radius 3 is 2.40 bits per heavy atom. The number of nitrogens with two attached hydrogens (primary N) is 1. The van der Waals surface area contributed by atoms with Crippen LogP contribution in [0.15, 0.2) is 0 Å². The fraction of sp³-hybridized carbons (Fsp3) is 0.909. The summed E-state index contributed by atoms with van der Waals surface area (Å²) in [5.74, 6) is -0.179. The van der Waals surface area contributed by atoms with Crippen molar-refractivity contribution in [2.24, 2.45) is 5.73 Å². The molecule has 0 radical (unpaired) electrons. The van der Waals surface area contributed by atoms with Crippen LogP contribution >= 0.6 is 0 Å². The van der Waals surface area contributed by atoms with Crippen LogP contribution in [0.1, 0.15) is 40.0 Å². The molecule has 1 unspecified atom stereocenters. The second-order valence-corrected chi connectivity index (χ2v) is 4.66. The zero-order chi connectivity index (χ0) is 11.9. The molecule has 1 atom stereocenters. The van der Waals surface area contributed by atoms with Crippen LogP contribution in [-0.4, -0.2) is 31.2 Å². The van der Waals surface area contributed by atoms with Gasteiger partial charge in [0, 0.05) is 0 Å². The van der Waals surface area contributed by atoms with Gasteiger partial charge in [0.05, 0.1) is 0 Å². The number of carbonyl (C=O) groups is 1. The number of ether oxygens (including phenoxy) is 1. The van der Waals surface area contributed by atoms with Crippen LogP contribution in [0.4, 0.5) is 0 Å². The summed E-state index contributed by atoms with van der Waals surface area (Å²) < 4.78 is 5.29. The third-order valence-electron chi connectivity index (χ3n) is 1.99. The van der Waals surface area contributed by atoms with Crippen LogP contribution < -0.4 is 11.1 Å². The average molecular weight is 216 g/mol. The molecule has 0 heterocycles. The number of rotatable bonds is 6. The van der Waals surface area contributed by atoms with Crippen molar-refractivity contribution in [3.63, 3.8) is 0 Å². The van der Waals surface area contributed by atoms with Crippen molar-refractivity contribution in [1.29, 1.82) is 0 Å². The van der Waals surface area contributed by atoms with Crippen molar-refractivity contribution in [3.05, 3.63) is 0 Å². The maximum atomic E-state index is 11.7. The Morgan fingerprint density at radius 2 is 2.00 bits per heavy atom. The molecule has 4 heteroatoms. The Kier molecular flexibility index (Phi) is 6.52. The molecule has 0 aliphatic rings. The minimum absolute atomic E-state index is 0.179. The molecule has 0 saturated heterocycles. The minimum atomic E-state index is -0.417. The molecule has 0 amide bonds. The number of carbonyl (C=O) groups excluding carboxylic acids is 1. The van der Waals surface area contributed by atoms with E-state index in [2.05, 4.69) is 5.32 Å². The quantitative estimate of drug-likeness (QED) is 0.514. The van der Waals surface area contributed by atoms with E-state index in [0.717, 1.165) is 19.3 Å². The molecule has 3 N–H and O–H groups in total. The lowest BCUT2D eigenvalue weighted by molar-refractivity contribution is -0.157. The fourth-order valence-corrected chi connectivity index (χ4v) is 1.25. The highest BCUT2D eigenvalue weighted by Gasteiger charge is 2.23. The molecule has 0 saturated carbocycles. The maximum Gasteiger partial charge on any atom is 0.323 e. The van der Waals surface area contributed by atoms with E-state index in [4.69, 9.17) is 10.5 Å². The first-order chi connectivity index (χ1) is 6.90. The van der Waals surface area contributed by atoms with E-state index in [1.165, 1.54) is 0 Å². The van der Waals surface area contributed by atoms with Gasteiger partial charge in [-0.15, -0.1) is 0 Å². The molecule has 4 nitrogen and oxygen atoms in total. The Bertz CT molecular complexity index is 188. The third-order valence-corrected chi connectivity index (χ3v) is 1.99. The van der Waals surface area contributed by atoms with Crippen molar-refractivity contribution < 1.29 is 9.53 Å². The van der Waals surface area contributed by atoms with Crippen LogP contribution in [0, 0.1) is 0 Å². The minimum Gasteiger partial charge on any atom is -0.459 e. The van der Waals surface area contributed by atoms with Crippen LogP contribution in [0.5, 0.6) is 0 Å². The highest BCUT2D eigenvalue weighted by atomic mass is 16.6. The normalized spacial score (nSPS) is 13.7. The standard InChI is InChI=1S/C11H24N2O2/c1-11(2,3)15-10(14)9(13-4)7-5-6-8-12/h9,13H,5-8,12H2,1-4H3. The summed E-state index contributed by atoms with van der Waals surface area (Å²) in [7, 11) is 1.77. The summed E-state index contributed by atoms with van der Waals surface area (Å²) in [6.45, 7) is 6.29. The lowest BCUT2D eigenvalue weighted by Gasteiger charge is -2.23. The van der Waals surface area contributed by atoms with Gasteiger partial charge in [0.25, 0.3) is 0 Å². The van der Waals surface area contributed by atoms with Gasteiger partial charge in [0.2, 0.25) is 0 Å². The predicted molar refractivity (Wildman–Crippen MR) is 61.6 cm³/mol. The Labute approximate surface area is 92.6 Å². The van der Waals surface area contributed by atoms with E-state index >= 15 is 0 Å². The highest BCUT2D eigenvalue weighted by molar-refractivity contribution is 5.76. The van der Waals surface area contributed by atoms with E-state index in [-0.39, 0.29) is 12.0 Å². The third kappa shape index (κ3) is 7.33. The SMILES string of the molecule is CNC(CCCCN)C(=O)OC(C)(C)C. The van der Waals surface area contributed by atoms with E-state index in [1.54, 1.807) is 7.05 Å². The second-order valence-electron chi connectivity index (χ2n) is 4.66. The Morgan fingerprint density at radius 1 is 1.40 bits per heavy atom. The largest absolute Gasteiger partial charge is 0.459 e. The van der Waals surface area contributed by atoms with E-state index < -0.39 is 5.60 Å². The smallest absolute Gasteiger partial charge is 0.323 e. The predicted octanol–water partition coefficient (Wildman–Crippen LogP) is 1.05. The molecular formula is C11H24N2O2. The molecular weight excluding hydrogens is 192 g/mol. The summed E-state index contributed by atoms with van der Waals surface area (Å²) in [4.78, 5) is 11.7. The van der Waals surface area contributed by atoms with Crippen molar-refractivity contribution >= 4 is 5.97 Å². The van der Waals surface area contributed by atoms with Crippen LogP contribution in [-0.2, 0) is 9.53 Å². The van der Waals surface area contributed by atoms with E-state index in [9.17, 15) is 4.79 Å². The van der Waals surface area contributed by atoms with Gasteiger partial charge in [-0.25, -0.2) is 0 Å². The summed E-state index contributed by atoms with van der Waals surface area (Å²) in [6.07, 6.45) is 2.67. The molecule has 90 valence electrons. The number of unbranched alkanes of at least 4 members (excludes halogenated alkanes) is 1. The fourth-order valence-electron chi connectivity index (χ4n) is 1.25. The van der Waals surface area contributed by atoms with E-state index in [0.29, 0.717) is 6.54 Å².